The van der Waals surface area contributed by atoms with Gasteiger partial charge in [0, 0.05) is 11.7 Å². The first kappa shape index (κ1) is 10.5. The smallest absolute Gasteiger partial charge is 0.224 e. The van der Waals surface area contributed by atoms with Gasteiger partial charge in [0.1, 0.15) is 11.8 Å². The molecule has 2 fully saturated rings. The molecule has 17 heavy (non-hydrogen) atoms. The molecule has 2 aliphatic rings. The maximum atomic E-state index is 8.88. The van der Waals surface area contributed by atoms with Crippen molar-refractivity contribution in [3.05, 3.63) is 17.5 Å². The molecule has 88 valence electrons. The average molecular weight is 228 g/mol. The molecule has 1 aromatic rings. The van der Waals surface area contributed by atoms with E-state index in [1.165, 1.54) is 25.7 Å². The zero-order chi connectivity index (χ0) is 11.8. The quantitative estimate of drug-likeness (QED) is 0.843. The van der Waals surface area contributed by atoms with Gasteiger partial charge in [-0.2, -0.15) is 5.26 Å². The third kappa shape index (κ3) is 1.97. The second kappa shape index (κ2) is 3.99. The highest BCUT2D eigenvalue weighted by atomic mass is 15.1. The summed E-state index contributed by atoms with van der Waals surface area (Å²) in [7, 11) is 0. The van der Waals surface area contributed by atoms with E-state index in [0.29, 0.717) is 17.7 Å². The van der Waals surface area contributed by atoms with Crippen LogP contribution in [0.5, 0.6) is 0 Å². The molecule has 0 aliphatic heterocycles. The van der Waals surface area contributed by atoms with Crippen LogP contribution >= 0.6 is 0 Å². The average Bonchev–Trinajstić information content (AvgIpc) is 2.90. The highest BCUT2D eigenvalue weighted by Gasteiger charge is 2.39. The summed E-state index contributed by atoms with van der Waals surface area (Å²) in [6, 6.07) is 4.31. The third-order valence-corrected chi connectivity index (χ3v) is 4.02. The van der Waals surface area contributed by atoms with Gasteiger partial charge >= 0.3 is 0 Å². The molecule has 2 saturated carbocycles. The Labute approximate surface area is 101 Å². The summed E-state index contributed by atoms with van der Waals surface area (Å²) in [6.45, 7) is 1.90. The zero-order valence-corrected chi connectivity index (χ0v) is 9.98. The highest BCUT2D eigenvalue weighted by Crippen LogP contribution is 2.45. The fraction of sp³-hybridized carbons (Fsp3) is 0.615. The van der Waals surface area contributed by atoms with Crippen molar-refractivity contribution >= 4 is 5.95 Å². The van der Waals surface area contributed by atoms with Crippen LogP contribution in [0.1, 0.15) is 37.1 Å². The molecule has 0 aromatic carbocycles. The number of hydrogen-bond donors (Lipinski definition) is 1. The number of fused-ring (bicyclic) bond motifs is 2. The molecular formula is C13H16N4. The number of anilines is 1. The molecule has 1 heterocycles. The monoisotopic (exact) mass is 228 g/mol. The summed E-state index contributed by atoms with van der Waals surface area (Å²) < 4.78 is 0. The molecule has 1 aromatic heterocycles. The minimum Gasteiger partial charge on any atom is -0.351 e. The Morgan fingerprint density at radius 2 is 2.24 bits per heavy atom. The first-order valence-electron chi connectivity index (χ1n) is 6.27. The van der Waals surface area contributed by atoms with Gasteiger partial charge in [0.05, 0.1) is 0 Å². The Kier molecular flexibility index (Phi) is 2.47. The van der Waals surface area contributed by atoms with E-state index in [1.807, 2.05) is 6.92 Å². The maximum Gasteiger partial charge on any atom is 0.224 e. The summed E-state index contributed by atoms with van der Waals surface area (Å²) in [5.74, 6) is 2.31. The molecule has 0 amide bonds. The molecule has 3 atom stereocenters. The van der Waals surface area contributed by atoms with Gasteiger partial charge in [-0.3, -0.25) is 0 Å². The van der Waals surface area contributed by atoms with Gasteiger partial charge in [-0.05, 0) is 44.1 Å². The number of rotatable bonds is 2. The first-order chi connectivity index (χ1) is 8.24. The lowest BCUT2D eigenvalue weighted by Crippen LogP contribution is -2.27. The van der Waals surface area contributed by atoms with E-state index in [4.69, 9.17) is 5.26 Å². The Balaban J connectivity index is 1.77. The van der Waals surface area contributed by atoms with E-state index >= 15 is 0 Å². The van der Waals surface area contributed by atoms with Crippen LogP contribution in [0.15, 0.2) is 6.07 Å². The standard InChI is InChI=1S/C13H16N4/c1-8-4-11(7-14)16-13(15-8)17-12-6-9-2-3-10(12)5-9/h4,9-10,12H,2-3,5-6H2,1H3,(H,15,16,17). The first-order valence-corrected chi connectivity index (χ1v) is 6.27. The largest absolute Gasteiger partial charge is 0.351 e. The highest BCUT2D eigenvalue weighted by molar-refractivity contribution is 5.34. The number of aromatic nitrogens is 2. The minimum absolute atomic E-state index is 0.447. The molecule has 2 aliphatic carbocycles. The normalized spacial score (nSPS) is 30.2. The van der Waals surface area contributed by atoms with Crippen LogP contribution < -0.4 is 5.32 Å². The van der Waals surface area contributed by atoms with E-state index in [9.17, 15) is 0 Å². The van der Waals surface area contributed by atoms with Gasteiger partial charge in [0.2, 0.25) is 5.95 Å². The van der Waals surface area contributed by atoms with Crippen molar-refractivity contribution in [2.45, 2.75) is 38.6 Å². The lowest BCUT2D eigenvalue weighted by Gasteiger charge is -2.22. The molecule has 1 N–H and O–H groups in total. The van der Waals surface area contributed by atoms with Crippen LogP contribution in [-0.4, -0.2) is 16.0 Å². The SMILES string of the molecule is Cc1cc(C#N)nc(NC2CC3CCC2C3)n1. The molecule has 4 heteroatoms. The van der Waals surface area contributed by atoms with Crippen molar-refractivity contribution in [1.29, 1.82) is 5.26 Å². The molecular weight excluding hydrogens is 212 g/mol. The number of aryl methyl sites for hydroxylation is 1. The summed E-state index contributed by atoms with van der Waals surface area (Å²) >= 11 is 0. The van der Waals surface area contributed by atoms with E-state index in [-0.39, 0.29) is 0 Å². The van der Waals surface area contributed by atoms with E-state index < -0.39 is 0 Å². The van der Waals surface area contributed by atoms with Gasteiger partial charge in [-0.1, -0.05) is 6.42 Å². The van der Waals surface area contributed by atoms with Crippen molar-refractivity contribution in [3.63, 3.8) is 0 Å². The third-order valence-electron chi connectivity index (χ3n) is 4.02. The van der Waals surface area contributed by atoms with Crippen LogP contribution in [0.4, 0.5) is 5.95 Å². The van der Waals surface area contributed by atoms with E-state index in [2.05, 4.69) is 21.4 Å². The Bertz CT molecular complexity index is 477. The summed E-state index contributed by atoms with van der Waals surface area (Å²) in [5.41, 5.74) is 1.30. The van der Waals surface area contributed by atoms with E-state index in [1.54, 1.807) is 6.07 Å². The van der Waals surface area contributed by atoms with Crippen molar-refractivity contribution in [2.75, 3.05) is 5.32 Å². The van der Waals surface area contributed by atoms with Crippen LogP contribution in [0.25, 0.3) is 0 Å². The van der Waals surface area contributed by atoms with Crippen LogP contribution in [0, 0.1) is 30.1 Å². The lowest BCUT2D eigenvalue weighted by atomic mass is 9.95. The molecule has 3 unspecified atom stereocenters. The van der Waals surface area contributed by atoms with Crippen LogP contribution in [0.3, 0.4) is 0 Å². The Morgan fingerprint density at radius 3 is 2.88 bits per heavy atom. The molecule has 4 nitrogen and oxygen atoms in total. The molecule has 0 spiro atoms. The summed E-state index contributed by atoms with van der Waals surface area (Å²) in [5, 5.41) is 12.3. The van der Waals surface area contributed by atoms with Gasteiger partial charge in [-0.25, -0.2) is 9.97 Å². The van der Waals surface area contributed by atoms with Crippen molar-refractivity contribution < 1.29 is 0 Å². The predicted molar refractivity (Wildman–Crippen MR) is 64.3 cm³/mol. The molecule has 0 radical (unpaired) electrons. The van der Waals surface area contributed by atoms with E-state index in [0.717, 1.165) is 17.5 Å². The zero-order valence-electron chi connectivity index (χ0n) is 9.98. The fourth-order valence-electron chi connectivity index (χ4n) is 3.28. The van der Waals surface area contributed by atoms with Crippen LogP contribution in [-0.2, 0) is 0 Å². The Hall–Kier alpha value is -1.63. The van der Waals surface area contributed by atoms with Gasteiger partial charge < -0.3 is 5.32 Å². The fourth-order valence-corrected chi connectivity index (χ4v) is 3.28. The number of nitrogens with one attached hydrogen (secondary N) is 1. The minimum atomic E-state index is 0.447. The summed E-state index contributed by atoms with van der Waals surface area (Å²) in [4.78, 5) is 8.57. The Morgan fingerprint density at radius 1 is 1.35 bits per heavy atom. The van der Waals surface area contributed by atoms with Gasteiger partial charge in [0.15, 0.2) is 0 Å². The number of nitriles is 1. The molecule has 2 bridgehead atoms. The maximum absolute atomic E-state index is 8.88. The second-order valence-electron chi connectivity index (χ2n) is 5.26. The lowest BCUT2D eigenvalue weighted by molar-refractivity contribution is 0.438. The molecule has 3 rings (SSSR count). The second-order valence-corrected chi connectivity index (χ2v) is 5.26. The predicted octanol–water partition coefficient (Wildman–Crippen LogP) is 2.26. The van der Waals surface area contributed by atoms with Crippen molar-refractivity contribution in [1.82, 2.24) is 9.97 Å². The molecule has 0 saturated heterocycles. The van der Waals surface area contributed by atoms with Gasteiger partial charge in [0.25, 0.3) is 0 Å². The van der Waals surface area contributed by atoms with Crippen molar-refractivity contribution in [3.8, 4) is 6.07 Å². The van der Waals surface area contributed by atoms with Crippen LogP contribution in [0.2, 0.25) is 0 Å². The summed E-state index contributed by atoms with van der Waals surface area (Å²) in [6.07, 6.45) is 5.32. The number of hydrogen-bond acceptors (Lipinski definition) is 4. The topological polar surface area (TPSA) is 61.6 Å². The van der Waals surface area contributed by atoms with Gasteiger partial charge in [-0.15, -0.1) is 0 Å². The number of nitrogens with zero attached hydrogens (tertiary/aromatic N) is 3. The van der Waals surface area contributed by atoms with Crippen molar-refractivity contribution in [2.24, 2.45) is 11.8 Å².